The van der Waals surface area contributed by atoms with Crippen molar-refractivity contribution in [1.82, 2.24) is 19.4 Å². The maximum absolute atomic E-state index is 13.0. The Bertz CT molecular complexity index is 1580. The first-order valence-corrected chi connectivity index (χ1v) is 13.6. The molecule has 7 rings (SSSR count). The standard InChI is InChI=1S/C24H19N5O3.C6H13N/c25-24(31)16-13-29-18-3-1-2-4-20(18)32-23-19(6-5-15(21(23)29)22(16)30)28-10-7-14(12-28)17-11-26-8-9-27-17;1-2-7-5-3-4-6-7/h1-6,8-9,11,13-14H,7,10,12H2,(H2,25,31);2-6H2,1H3. The van der Waals surface area contributed by atoms with Crippen molar-refractivity contribution in [3.63, 3.8) is 0 Å². The van der Waals surface area contributed by atoms with Crippen molar-refractivity contribution >= 4 is 22.5 Å². The van der Waals surface area contributed by atoms with E-state index in [4.69, 9.17) is 10.5 Å². The zero-order chi connectivity index (χ0) is 26.9. The highest BCUT2D eigenvalue weighted by molar-refractivity contribution is 6.00. The molecular formula is C30H32N6O3. The molecule has 0 bridgehead atoms. The van der Waals surface area contributed by atoms with E-state index in [0.29, 0.717) is 22.4 Å². The van der Waals surface area contributed by atoms with E-state index in [2.05, 4.69) is 26.7 Å². The van der Waals surface area contributed by atoms with Gasteiger partial charge < -0.3 is 24.8 Å². The summed E-state index contributed by atoms with van der Waals surface area (Å²) in [5, 5.41) is 0.402. The van der Waals surface area contributed by atoms with Crippen molar-refractivity contribution in [2.24, 2.45) is 5.73 Å². The number of para-hydroxylation sites is 2. The maximum Gasteiger partial charge on any atom is 0.254 e. The molecule has 200 valence electrons. The van der Waals surface area contributed by atoms with Gasteiger partial charge in [0.1, 0.15) is 11.1 Å². The Labute approximate surface area is 226 Å². The van der Waals surface area contributed by atoms with E-state index in [1.165, 1.54) is 38.7 Å². The quantitative estimate of drug-likeness (QED) is 0.378. The summed E-state index contributed by atoms with van der Waals surface area (Å²) in [5.41, 5.74) is 8.33. The number of rotatable bonds is 4. The summed E-state index contributed by atoms with van der Waals surface area (Å²) in [6.45, 7) is 7.76. The molecule has 3 aliphatic rings. The molecule has 2 aromatic heterocycles. The van der Waals surface area contributed by atoms with Crippen LogP contribution in [0.25, 0.3) is 16.6 Å². The normalized spacial score (nSPS) is 17.9. The second kappa shape index (κ2) is 10.5. The highest BCUT2D eigenvalue weighted by Crippen LogP contribution is 2.46. The Kier molecular flexibility index (Phi) is 6.74. The predicted octanol–water partition coefficient (Wildman–Crippen LogP) is 4.08. The molecule has 5 heterocycles. The average Bonchev–Trinajstić information content (AvgIpc) is 3.68. The number of primary amides is 1. The molecule has 1 amide bonds. The minimum atomic E-state index is -0.749. The lowest BCUT2D eigenvalue weighted by molar-refractivity contribution is 0.0999. The molecule has 1 unspecified atom stereocenters. The molecule has 9 nitrogen and oxygen atoms in total. The van der Waals surface area contributed by atoms with Gasteiger partial charge in [-0.15, -0.1) is 0 Å². The number of aromatic nitrogens is 3. The third-order valence-corrected chi connectivity index (χ3v) is 7.88. The first-order valence-electron chi connectivity index (χ1n) is 13.6. The largest absolute Gasteiger partial charge is 0.451 e. The summed E-state index contributed by atoms with van der Waals surface area (Å²) >= 11 is 0. The monoisotopic (exact) mass is 524 g/mol. The number of pyridine rings is 1. The van der Waals surface area contributed by atoms with Crippen LogP contribution in [0.4, 0.5) is 5.69 Å². The lowest BCUT2D eigenvalue weighted by Crippen LogP contribution is -2.26. The molecule has 2 fully saturated rings. The Morgan fingerprint density at radius 2 is 1.90 bits per heavy atom. The van der Waals surface area contributed by atoms with Crippen LogP contribution in [0.1, 0.15) is 48.2 Å². The van der Waals surface area contributed by atoms with Gasteiger partial charge in [0.05, 0.1) is 22.5 Å². The van der Waals surface area contributed by atoms with Crippen LogP contribution in [0.15, 0.2) is 66.0 Å². The van der Waals surface area contributed by atoms with Crippen LogP contribution >= 0.6 is 0 Å². The fourth-order valence-electron chi connectivity index (χ4n) is 5.79. The van der Waals surface area contributed by atoms with Crippen LogP contribution in [0.5, 0.6) is 11.5 Å². The van der Waals surface area contributed by atoms with Crippen LogP contribution in [0, 0.1) is 0 Å². The topological polar surface area (TPSA) is 107 Å². The highest BCUT2D eigenvalue weighted by Gasteiger charge is 2.31. The van der Waals surface area contributed by atoms with E-state index in [0.717, 1.165) is 36.6 Å². The maximum atomic E-state index is 13.0. The summed E-state index contributed by atoms with van der Waals surface area (Å²) in [7, 11) is 0. The fourth-order valence-corrected chi connectivity index (χ4v) is 5.79. The molecule has 2 aromatic carbocycles. The lowest BCUT2D eigenvalue weighted by Gasteiger charge is -2.28. The third kappa shape index (κ3) is 4.63. The lowest BCUT2D eigenvalue weighted by atomic mass is 10.1. The van der Waals surface area contributed by atoms with Crippen molar-refractivity contribution in [1.29, 1.82) is 0 Å². The first kappa shape index (κ1) is 25.1. The molecule has 0 radical (unpaired) electrons. The van der Waals surface area contributed by atoms with Gasteiger partial charge in [0.25, 0.3) is 5.91 Å². The second-order valence-corrected chi connectivity index (χ2v) is 10.2. The number of nitrogens with zero attached hydrogens (tertiary/aromatic N) is 5. The SMILES string of the molecule is CCN1CCCC1.NC(=O)c1cn2c3c(c(N4CCC(c5cnccn5)C4)ccc3c1=O)Oc1ccccc1-2. The van der Waals surface area contributed by atoms with Crippen LogP contribution in [-0.4, -0.2) is 58.1 Å². The van der Waals surface area contributed by atoms with Crippen LogP contribution in [0.3, 0.4) is 0 Å². The number of carbonyl (C=O) groups excluding carboxylic acids is 1. The number of likely N-dealkylation sites (tertiary alicyclic amines) is 1. The Balaban J connectivity index is 0.000000346. The van der Waals surface area contributed by atoms with E-state index >= 15 is 0 Å². The van der Waals surface area contributed by atoms with E-state index in [1.807, 2.05) is 41.1 Å². The summed E-state index contributed by atoms with van der Waals surface area (Å²) in [6, 6.07) is 11.2. The van der Waals surface area contributed by atoms with Gasteiger partial charge in [-0.2, -0.15) is 0 Å². The summed E-state index contributed by atoms with van der Waals surface area (Å²) < 4.78 is 8.18. The Morgan fingerprint density at radius 1 is 1.08 bits per heavy atom. The van der Waals surface area contributed by atoms with Crippen LogP contribution < -0.4 is 20.8 Å². The van der Waals surface area contributed by atoms with E-state index < -0.39 is 11.3 Å². The van der Waals surface area contributed by atoms with Crippen LogP contribution in [0.2, 0.25) is 0 Å². The minimum absolute atomic E-state index is 0.0446. The molecule has 1 atom stereocenters. The zero-order valence-electron chi connectivity index (χ0n) is 22.0. The van der Waals surface area contributed by atoms with Gasteiger partial charge in [-0.3, -0.25) is 19.6 Å². The first-order chi connectivity index (χ1) is 19.0. The number of nitrogens with two attached hydrogens (primary N) is 1. The Morgan fingerprint density at radius 3 is 2.62 bits per heavy atom. The molecule has 4 aromatic rings. The molecule has 0 saturated carbocycles. The number of hydrogen-bond donors (Lipinski definition) is 1. The van der Waals surface area contributed by atoms with Gasteiger partial charge in [-0.1, -0.05) is 19.1 Å². The molecule has 2 N–H and O–H groups in total. The van der Waals surface area contributed by atoms with Gasteiger partial charge in [-0.05, 0) is 63.2 Å². The average molecular weight is 525 g/mol. The van der Waals surface area contributed by atoms with E-state index in [9.17, 15) is 9.59 Å². The number of hydrogen-bond acceptors (Lipinski definition) is 7. The third-order valence-electron chi connectivity index (χ3n) is 7.88. The second-order valence-electron chi connectivity index (χ2n) is 10.2. The smallest absolute Gasteiger partial charge is 0.254 e. The number of benzene rings is 2. The van der Waals surface area contributed by atoms with Gasteiger partial charge in [-0.25, -0.2) is 0 Å². The summed E-state index contributed by atoms with van der Waals surface area (Å²) in [6.07, 6.45) is 10.5. The van der Waals surface area contributed by atoms with Gasteiger partial charge >= 0.3 is 0 Å². The molecule has 0 aliphatic carbocycles. The number of ether oxygens (including phenoxy) is 1. The fraction of sp³-hybridized carbons (Fsp3) is 0.333. The van der Waals surface area contributed by atoms with Crippen molar-refractivity contribution in [2.75, 3.05) is 37.6 Å². The van der Waals surface area contributed by atoms with Crippen molar-refractivity contribution < 1.29 is 9.53 Å². The van der Waals surface area contributed by atoms with Crippen molar-refractivity contribution in [2.45, 2.75) is 32.1 Å². The van der Waals surface area contributed by atoms with Crippen molar-refractivity contribution in [3.05, 3.63) is 82.7 Å². The molecule has 39 heavy (non-hydrogen) atoms. The van der Waals surface area contributed by atoms with Gasteiger partial charge in [0.2, 0.25) is 5.43 Å². The van der Waals surface area contributed by atoms with Crippen LogP contribution in [-0.2, 0) is 0 Å². The predicted molar refractivity (Wildman–Crippen MR) is 151 cm³/mol. The minimum Gasteiger partial charge on any atom is -0.451 e. The van der Waals surface area contributed by atoms with E-state index in [-0.39, 0.29) is 11.5 Å². The molecular weight excluding hydrogens is 492 g/mol. The zero-order valence-corrected chi connectivity index (χ0v) is 22.0. The summed E-state index contributed by atoms with van der Waals surface area (Å²) in [4.78, 5) is 38.3. The molecule has 0 spiro atoms. The number of anilines is 1. The van der Waals surface area contributed by atoms with Gasteiger partial charge in [0, 0.05) is 43.8 Å². The number of amides is 1. The number of carbonyl (C=O) groups is 1. The van der Waals surface area contributed by atoms with Crippen molar-refractivity contribution in [3.8, 4) is 17.2 Å². The molecule has 3 aliphatic heterocycles. The summed E-state index contributed by atoms with van der Waals surface area (Å²) in [5.74, 6) is 0.773. The van der Waals surface area contributed by atoms with E-state index in [1.54, 1.807) is 18.5 Å². The highest BCUT2D eigenvalue weighted by atomic mass is 16.5. The molecule has 2 saturated heterocycles. The number of fused-ring (bicyclic) bond motifs is 2. The van der Waals surface area contributed by atoms with Gasteiger partial charge in [0.15, 0.2) is 11.5 Å². The molecule has 9 heteroatoms. The Hall–Kier alpha value is -4.24.